The highest BCUT2D eigenvalue weighted by molar-refractivity contribution is 4.49. The van der Waals surface area contributed by atoms with E-state index < -0.39 is 0 Å². The lowest BCUT2D eigenvalue weighted by atomic mass is 10.6. The van der Waals surface area contributed by atoms with E-state index in [0.717, 1.165) is 6.67 Å². The molecule has 3 nitrogen and oxygen atoms in total. The van der Waals surface area contributed by atoms with Crippen molar-refractivity contribution in [2.24, 2.45) is 0 Å². The molecule has 0 aromatic rings. The van der Waals surface area contributed by atoms with Gasteiger partial charge in [0.05, 0.1) is 6.73 Å². The maximum Gasteiger partial charge on any atom is 0.108 e. The van der Waals surface area contributed by atoms with Gasteiger partial charge in [-0.2, -0.15) is 0 Å². The summed E-state index contributed by atoms with van der Waals surface area (Å²) in [7, 11) is 0. The van der Waals surface area contributed by atoms with Crippen LogP contribution in [-0.2, 0) is 4.74 Å². The van der Waals surface area contributed by atoms with Gasteiger partial charge >= 0.3 is 0 Å². The fourth-order valence-electron chi connectivity index (χ4n) is 0.510. The standard InChI is InChI=1S/C4H10N2O/c1-4-6-2-5-3-7-4/h4-6H,2-3H2,1H3/t4-/m0/s1. The van der Waals surface area contributed by atoms with Gasteiger partial charge in [0.25, 0.3) is 0 Å². The Morgan fingerprint density at radius 1 is 1.71 bits per heavy atom. The molecule has 0 aliphatic carbocycles. The first-order chi connectivity index (χ1) is 3.39. The Balaban J connectivity index is 2.12. The van der Waals surface area contributed by atoms with Crippen LogP contribution >= 0.6 is 0 Å². The first-order valence-electron chi connectivity index (χ1n) is 2.45. The van der Waals surface area contributed by atoms with Crippen LogP contribution in [0.2, 0.25) is 0 Å². The maximum absolute atomic E-state index is 5.06. The average Bonchev–Trinajstić information content (AvgIpc) is 1.69. The average molecular weight is 102 g/mol. The van der Waals surface area contributed by atoms with Crippen molar-refractivity contribution in [1.82, 2.24) is 10.6 Å². The van der Waals surface area contributed by atoms with Crippen LogP contribution in [0.3, 0.4) is 0 Å². The molecule has 0 unspecified atom stereocenters. The molecule has 1 heterocycles. The van der Waals surface area contributed by atoms with Crippen LogP contribution in [0, 0.1) is 0 Å². The van der Waals surface area contributed by atoms with Gasteiger partial charge in [-0.25, -0.2) is 0 Å². The van der Waals surface area contributed by atoms with Crippen molar-refractivity contribution < 1.29 is 4.74 Å². The summed E-state index contributed by atoms with van der Waals surface area (Å²) < 4.78 is 5.06. The number of ether oxygens (including phenoxy) is 1. The van der Waals surface area contributed by atoms with Crippen molar-refractivity contribution in [3.63, 3.8) is 0 Å². The van der Waals surface area contributed by atoms with E-state index in [9.17, 15) is 0 Å². The molecule has 0 bridgehead atoms. The van der Waals surface area contributed by atoms with E-state index in [2.05, 4.69) is 10.6 Å². The van der Waals surface area contributed by atoms with Crippen LogP contribution < -0.4 is 10.6 Å². The van der Waals surface area contributed by atoms with Gasteiger partial charge in [0.1, 0.15) is 6.23 Å². The monoisotopic (exact) mass is 102 g/mol. The van der Waals surface area contributed by atoms with E-state index in [4.69, 9.17) is 4.74 Å². The van der Waals surface area contributed by atoms with Crippen LogP contribution in [0.15, 0.2) is 0 Å². The lowest BCUT2D eigenvalue weighted by Gasteiger charge is -2.20. The largest absolute Gasteiger partial charge is 0.348 e. The highest BCUT2D eigenvalue weighted by atomic mass is 16.5. The number of hydrogen-bond donors (Lipinski definition) is 2. The van der Waals surface area contributed by atoms with Gasteiger partial charge in [-0.05, 0) is 6.92 Å². The summed E-state index contributed by atoms with van der Waals surface area (Å²) in [6.45, 7) is 3.52. The molecule has 1 fully saturated rings. The van der Waals surface area contributed by atoms with Crippen LogP contribution in [-0.4, -0.2) is 19.6 Å². The van der Waals surface area contributed by atoms with Gasteiger partial charge in [0, 0.05) is 6.67 Å². The minimum Gasteiger partial charge on any atom is -0.348 e. The highest BCUT2D eigenvalue weighted by Crippen LogP contribution is 1.84. The zero-order chi connectivity index (χ0) is 5.11. The maximum atomic E-state index is 5.06. The van der Waals surface area contributed by atoms with Crippen LogP contribution in [0.25, 0.3) is 0 Å². The molecule has 0 saturated carbocycles. The Bertz CT molecular complexity index is 51.7. The Hall–Kier alpha value is -0.120. The molecule has 1 saturated heterocycles. The van der Waals surface area contributed by atoms with E-state index in [0.29, 0.717) is 6.73 Å². The first-order valence-corrected chi connectivity index (χ1v) is 2.45. The second-order valence-corrected chi connectivity index (χ2v) is 1.58. The molecular weight excluding hydrogens is 92.1 g/mol. The summed E-state index contributed by atoms with van der Waals surface area (Å²) in [6.07, 6.45) is 0.223. The molecule has 3 heteroatoms. The molecule has 1 atom stereocenters. The van der Waals surface area contributed by atoms with Crippen LogP contribution in [0.5, 0.6) is 0 Å². The topological polar surface area (TPSA) is 33.3 Å². The van der Waals surface area contributed by atoms with Gasteiger partial charge in [-0.1, -0.05) is 0 Å². The molecule has 42 valence electrons. The molecule has 0 amide bonds. The molecule has 1 rings (SSSR count). The third-order valence-corrected chi connectivity index (χ3v) is 0.950. The highest BCUT2D eigenvalue weighted by Gasteiger charge is 2.02. The first kappa shape index (κ1) is 5.03. The number of nitrogens with one attached hydrogen (secondary N) is 2. The van der Waals surface area contributed by atoms with Crippen molar-refractivity contribution in [2.75, 3.05) is 13.4 Å². The lowest BCUT2D eigenvalue weighted by molar-refractivity contribution is -0.00300. The summed E-state index contributed by atoms with van der Waals surface area (Å²) in [5.74, 6) is 0. The van der Waals surface area contributed by atoms with Crippen molar-refractivity contribution >= 4 is 0 Å². The second-order valence-electron chi connectivity index (χ2n) is 1.58. The predicted molar refractivity (Wildman–Crippen MR) is 26.6 cm³/mol. The minimum absolute atomic E-state index is 0.223. The van der Waals surface area contributed by atoms with E-state index in [1.54, 1.807) is 0 Å². The molecule has 0 spiro atoms. The van der Waals surface area contributed by atoms with Gasteiger partial charge < -0.3 is 4.74 Å². The van der Waals surface area contributed by atoms with Gasteiger partial charge in [-0.3, -0.25) is 10.6 Å². The zero-order valence-corrected chi connectivity index (χ0v) is 4.40. The van der Waals surface area contributed by atoms with E-state index >= 15 is 0 Å². The number of hydrogen-bond acceptors (Lipinski definition) is 3. The molecule has 0 radical (unpaired) electrons. The Kier molecular flexibility index (Phi) is 1.62. The molecule has 0 aromatic heterocycles. The molecular formula is C4H10N2O. The van der Waals surface area contributed by atoms with E-state index in [-0.39, 0.29) is 6.23 Å². The molecule has 1 aliphatic rings. The summed E-state index contributed by atoms with van der Waals surface area (Å²) in [5.41, 5.74) is 0. The van der Waals surface area contributed by atoms with E-state index in [1.807, 2.05) is 6.92 Å². The van der Waals surface area contributed by atoms with Crippen LogP contribution in [0.1, 0.15) is 6.92 Å². The van der Waals surface area contributed by atoms with Crippen molar-refractivity contribution in [3.8, 4) is 0 Å². The molecule has 7 heavy (non-hydrogen) atoms. The SMILES string of the molecule is C[C@H]1NCNCO1. The lowest BCUT2D eigenvalue weighted by Crippen LogP contribution is -2.45. The zero-order valence-electron chi connectivity index (χ0n) is 4.40. The third-order valence-electron chi connectivity index (χ3n) is 0.950. The summed E-state index contributed by atoms with van der Waals surface area (Å²) in [6, 6.07) is 0. The minimum atomic E-state index is 0.223. The molecule has 0 aromatic carbocycles. The van der Waals surface area contributed by atoms with Crippen molar-refractivity contribution in [3.05, 3.63) is 0 Å². The quantitative estimate of drug-likeness (QED) is 0.431. The second kappa shape index (κ2) is 2.26. The van der Waals surface area contributed by atoms with Crippen molar-refractivity contribution in [1.29, 1.82) is 0 Å². The van der Waals surface area contributed by atoms with Crippen LogP contribution in [0.4, 0.5) is 0 Å². The van der Waals surface area contributed by atoms with Gasteiger partial charge in [0.2, 0.25) is 0 Å². The summed E-state index contributed by atoms with van der Waals surface area (Å²) in [4.78, 5) is 0. The third kappa shape index (κ3) is 1.43. The predicted octanol–water partition coefficient (Wildman–Crippen LogP) is -0.543. The van der Waals surface area contributed by atoms with Crippen molar-refractivity contribution in [2.45, 2.75) is 13.2 Å². The number of rotatable bonds is 0. The van der Waals surface area contributed by atoms with E-state index in [1.165, 1.54) is 0 Å². The fourth-order valence-corrected chi connectivity index (χ4v) is 0.510. The molecule has 1 aliphatic heterocycles. The fraction of sp³-hybridized carbons (Fsp3) is 1.00. The summed E-state index contributed by atoms with van der Waals surface area (Å²) in [5, 5.41) is 6.03. The van der Waals surface area contributed by atoms with Gasteiger partial charge in [0.15, 0.2) is 0 Å². The Labute approximate surface area is 43.0 Å². The summed E-state index contributed by atoms with van der Waals surface area (Å²) >= 11 is 0. The van der Waals surface area contributed by atoms with Gasteiger partial charge in [-0.15, -0.1) is 0 Å². The Morgan fingerprint density at radius 3 is 2.86 bits per heavy atom. The smallest absolute Gasteiger partial charge is 0.108 e. The normalized spacial score (nSPS) is 33.0. The Morgan fingerprint density at radius 2 is 2.57 bits per heavy atom. The molecule has 2 N–H and O–H groups in total.